The van der Waals surface area contributed by atoms with Gasteiger partial charge in [-0.1, -0.05) is 63.4 Å². The Bertz CT molecular complexity index is 2400. The molecule has 1 atom stereocenters. The van der Waals surface area contributed by atoms with E-state index in [1.807, 2.05) is 42.7 Å². The number of nitroso groups, excluding NO2 is 1. The minimum atomic E-state index is -0.171. The number of aromatic nitrogens is 2. The van der Waals surface area contributed by atoms with Crippen LogP contribution >= 0.6 is 23.5 Å². The van der Waals surface area contributed by atoms with Crippen molar-refractivity contribution in [1.29, 1.82) is 0 Å². The van der Waals surface area contributed by atoms with E-state index in [-0.39, 0.29) is 11.3 Å². The second kappa shape index (κ2) is 19.9. The lowest BCUT2D eigenvalue weighted by molar-refractivity contribution is 0.0983. The van der Waals surface area contributed by atoms with Crippen LogP contribution in [0.2, 0.25) is 5.02 Å². The number of piperazine rings is 1. The second-order valence-corrected chi connectivity index (χ2v) is 20.0. The van der Waals surface area contributed by atoms with Crippen molar-refractivity contribution < 1.29 is 4.79 Å². The van der Waals surface area contributed by atoms with Gasteiger partial charge in [-0.2, -0.15) is 0 Å². The number of anilines is 1. The molecule has 1 amide bonds. The van der Waals surface area contributed by atoms with E-state index in [2.05, 4.69) is 98.7 Å². The number of allylic oxidation sites excluding steroid dienone is 1. The molecule has 0 spiro atoms. The van der Waals surface area contributed by atoms with Gasteiger partial charge in [0.05, 0.1) is 0 Å². The summed E-state index contributed by atoms with van der Waals surface area (Å²) in [5.41, 5.74) is 11.8. The van der Waals surface area contributed by atoms with E-state index in [0.29, 0.717) is 23.6 Å². The van der Waals surface area contributed by atoms with Gasteiger partial charge in [-0.15, -0.1) is 4.91 Å². The third-order valence-electron chi connectivity index (χ3n) is 13.3. The van der Waals surface area contributed by atoms with E-state index in [1.54, 1.807) is 5.57 Å². The average molecular weight is 873 g/mol. The van der Waals surface area contributed by atoms with Crippen molar-refractivity contribution in [3.63, 3.8) is 0 Å². The quantitative estimate of drug-likeness (QED) is 0.0799. The first kappa shape index (κ1) is 44.1. The normalized spacial score (nSPS) is 18.0. The lowest BCUT2D eigenvalue weighted by Crippen LogP contribution is -2.47. The van der Waals surface area contributed by atoms with Crippen LogP contribution in [0.15, 0.2) is 94.8 Å². The smallest absolute Gasteiger partial charge is 0.261 e. The van der Waals surface area contributed by atoms with Crippen molar-refractivity contribution in [1.82, 2.24) is 24.5 Å². The Balaban J connectivity index is 0.973. The van der Waals surface area contributed by atoms with E-state index >= 15 is 0 Å². The van der Waals surface area contributed by atoms with Crippen LogP contribution in [0.4, 0.5) is 11.4 Å². The summed E-state index contributed by atoms with van der Waals surface area (Å²) in [6.45, 7) is 17.3. The molecule has 11 heteroatoms. The summed E-state index contributed by atoms with van der Waals surface area (Å²) in [4.78, 5) is 42.7. The second-order valence-electron chi connectivity index (χ2n) is 18.7. The van der Waals surface area contributed by atoms with E-state index in [9.17, 15) is 9.70 Å². The van der Waals surface area contributed by atoms with E-state index < -0.39 is 0 Å². The molecule has 2 aliphatic heterocycles. The van der Waals surface area contributed by atoms with Crippen molar-refractivity contribution in [2.24, 2.45) is 16.5 Å². The maximum atomic E-state index is 14.1. The van der Waals surface area contributed by atoms with Crippen molar-refractivity contribution in [3.8, 4) is 0 Å². The number of nitrogens with one attached hydrogen (secondary N) is 2. The number of H-pyrrole nitrogens is 1. The summed E-state index contributed by atoms with van der Waals surface area (Å²) in [6, 6.07) is 22.8. The number of hydrogen-bond acceptors (Lipinski definition) is 8. The number of hydrogen-bond donors (Lipinski definition) is 2. The Labute approximate surface area is 377 Å². The number of pyridine rings is 1. The highest BCUT2D eigenvalue weighted by atomic mass is 35.5. The average Bonchev–Trinajstić information content (AvgIpc) is 3.75. The van der Waals surface area contributed by atoms with E-state index in [0.717, 1.165) is 127 Å². The highest BCUT2D eigenvalue weighted by Crippen LogP contribution is 2.43. The van der Waals surface area contributed by atoms with Gasteiger partial charge in [0, 0.05) is 78.2 Å². The first-order valence-electron chi connectivity index (χ1n) is 22.7. The molecule has 3 aliphatic rings. The fraction of sp³-hybridized carbons (Fsp3) is 0.451. The summed E-state index contributed by atoms with van der Waals surface area (Å²) in [6.07, 6.45) is 13.2. The van der Waals surface area contributed by atoms with Crippen molar-refractivity contribution in [2.45, 2.75) is 90.4 Å². The van der Waals surface area contributed by atoms with E-state index in [1.165, 1.54) is 48.8 Å². The van der Waals surface area contributed by atoms with Crippen LogP contribution in [0.1, 0.15) is 104 Å². The molecule has 5 aromatic rings. The minimum absolute atomic E-state index is 0.171. The zero-order valence-electron chi connectivity index (χ0n) is 36.9. The molecule has 8 rings (SSSR count). The number of likely N-dealkylation sites (tertiary alicyclic amines) is 1. The van der Waals surface area contributed by atoms with Gasteiger partial charge in [-0.3, -0.25) is 14.4 Å². The molecule has 4 heterocycles. The molecule has 9 nitrogen and oxygen atoms in total. The molecule has 0 radical (unpaired) electrons. The number of aryl methyl sites for hydroxylation is 1. The van der Waals surface area contributed by atoms with Crippen molar-refractivity contribution >= 4 is 57.4 Å². The van der Waals surface area contributed by atoms with Crippen LogP contribution in [0.3, 0.4) is 0 Å². The number of piperidine rings is 1. The molecule has 1 aliphatic carbocycles. The lowest BCUT2D eigenvalue weighted by atomic mass is 9.72. The Morgan fingerprint density at radius 1 is 0.952 bits per heavy atom. The topological polar surface area (TPSA) is 96.9 Å². The molecular formula is C51H62ClN7O2S. The van der Waals surface area contributed by atoms with Crippen molar-refractivity contribution in [2.75, 3.05) is 57.3 Å². The third-order valence-corrected chi connectivity index (χ3v) is 14.3. The Hall–Kier alpha value is -4.48. The number of carbonyl (C=O) groups is 1. The lowest BCUT2D eigenvalue weighted by Gasteiger charge is -2.39. The summed E-state index contributed by atoms with van der Waals surface area (Å²) in [7, 11) is 0. The van der Waals surface area contributed by atoms with Crippen LogP contribution in [0.5, 0.6) is 0 Å². The number of nitrogens with zero attached hydrogens (tertiary/aromatic N) is 5. The molecule has 0 bridgehead atoms. The summed E-state index contributed by atoms with van der Waals surface area (Å²) >= 11 is 7.53. The zero-order chi connectivity index (χ0) is 43.2. The molecule has 0 unspecified atom stereocenters. The number of carbonyl (C=O) groups excluding carboxylic acids is 1. The van der Waals surface area contributed by atoms with Gasteiger partial charge in [0.15, 0.2) is 0 Å². The van der Waals surface area contributed by atoms with Gasteiger partial charge in [-0.05, 0) is 181 Å². The van der Waals surface area contributed by atoms with Crippen molar-refractivity contribution in [3.05, 3.63) is 128 Å². The highest BCUT2D eigenvalue weighted by Gasteiger charge is 2.30. The van der Waals surface area contributed by atoms with Gasteiger partial charge < -0.3 is 14.8 Å². The van der Waals surface area contributed by atoms with Gasteiger partial charge in [-0.25, -0.2) is 4.98 Å². The number of fused-ring (bicyclic) bond motifs is 1. The molecule has 62 heavy (non-hydrogen) atoms. The van der Waals surface area contributed by atoms with Gasteiger partial charge in [0.2, 0.25) is 0 Å². The number of aromatic amines is 1. The first-order chi connectivity index (χ1) is 30.0. The molecule has 2 saturated heterocycles. The number of amides is 1. The van der Waals surface area contributed by atoms with Crippen LogP contribution in [-0.2, 0) is 19.3 Å². The van der Waals surface area contributed by atoms with Crippen LogP contribution in [0, 0.1) is 16.2 Å². The standard InChI is InChI=1S/C51H62ClN7O2S/c1-5-37-29-44(30-48(55-61)46(37)25-35(2)33-57-19-7-6-8-20-57)62-56-50(60)45-14-13-43(28-41(45)27-36-26-39-16-18-53-49(39)54-32-36)59-23-21-58(22-24-59)34-40-15-17-51(3,4)31-47(40)38-9-11-42(52)12-10-38/h9-14,16,18,26,28-30,32,35H,5-8,15,17,19-25,27,31,33-34H2,1-4H3,(H,53,54)(H,56,60)/t35-/m1/s1. The predicted octanol–water partition coefficient (Wildman–Crippen LogP) is 11.7. The van der Waals surface area contributed by atoms with Gasteiger partial charge >= 0.3 is 0 Å². The highest BCUT2D eigenvalue weighted by molar-refractivity contribution is 7.98. The van der Waals surface area contributed by atoms with Crippen LogP contribution < -0.4 is 9.62 Å². The first-order valence-corrected chi connectivity index (χ1v) is 23.9. The Morgan fingerprint density at radius 3 is 2.50 bits per heavy atom. The molecule has 2 aromatic heterocycles. The minimum Gasteiger partial charge on any atom is -0.369 e. The van der Waals surface area contributed by atoms with E-state index in [4.69, 9.17) is 11.6 Å². The fourth-order valence-electron chi connectivity index (χ4n) is 9.88. The summed E-state index contributed by atoms with van der Waals surface area (Å²) < 4.78 is 3.13. The molecular weight excluding hydrogens is 810 g/mol. The molecule has 3 aromatic carbocycles. The summed E-state index contributed by atoms with van der Waals surface area (Å²) in [5.74, 6) is 0.242. The SMILES string of the molecule is CCc1cc(SNC(=O)c2ccc(N3CCN(CC4=C(c5ccc(Cl)cc5)CC(C)(C)CC4)CC3)cc2Cc2cnc3[nH]ccc3c2)cc(N=O)c1C[C@@H](C)CN1CCCCC1. The Kier molecular flexibility index (Phi) is 14.2. The number of rotatable bonds is 15. The number of halogens is 1. The zero-order valence-corrected chi connectivity index (χ0v) is 38.5. The predicted molar refractivity (Wildman–Crippen MR) is 258 cm³/mol. The molecule has 2 fully saturated rings. The summed E-state index contributed by atoms with van der Waals surface area (Å²) in [5, 5.41) is 5.32. The van der Waals surface area contributed by atoms with Gasteiger partial charge in [0.1, 0.15) is 11.3 Å². The number of benzene rings is 3. The maximum absolute atomic E-state index is 14.1. The maximum Gasteiger partial charge on any atom is 0.261 e. The molecule has 2 N–H and O–H groups in total. The Morgan fingerprint density at radius 2 is 1.74 bits per heavy atom. The van der Waals surface area contributed by atoms with Gasteiger partial charge in [0.25, 0.3) is 5.91 Å². The monoisotopic (exact) mass is 871 g/mol. The molecule has 0 saturated carbocycles. The fourth-order valence-corrected chi connectivity index (χ4v) is 10.7. The van der Waals surface area contributed by atoms with Crippen LogP contribution in [0.25, 0.3) is 16.6 Å². The largest absolute Gasteiger partial charge is 0.369 e. The third kappa shape index (κ3) is 10.8. The van der Waals surface area contributed by atoms with Crippen LogP contribution in [-0.4, -0.2) is 78.0 Å². The molecule has 326 valence electrons.